The molecule has 1 unspecified atom stereocenters. The molecule has 0 fully saturated rings. The van der Waals surface area contributed by atoms with Gasteiger partial charge in [-0.25, -0.2) is 0 Å². The van der Waals surface area contributed by atoms with E-state index in [4.69, 9.17) is 11.6 Å². The van der Waals surface area contributed by atoms with E-state index in [9.17, 15) is 0 Å². The lowest BCUT2D eigenvalue weighted by Crippen LogP contribution is -2.06. The van der Waals surface area contributed by atoms with Gasteiger partial charge in [0.2, 0.25) is 0 Å². The molecule has 0 nitrogen and oxygen atoms in total. The van der Waals surface area contributed by atoms with Gasteiger partial charge in [-0.2, -0.15) is 0 Å². The number of unbranched alkanes of at least 4 members (excludes halogenated alkanes) is 7. The molecular formula is C19H30BrCl. The largest absolute Gasteiger partial charge is 0.126 e. The van der Waals surface area contributed by atoms with Crippen molar-refractivity contribution in [1.29, 1.82) is 0 Å². The van der Waals surface area contributed by atoms with Gasteiger partial charge in [-0.15, -0.1) is 11.6 Å². The number of hydrogen-bond donors (Lipinski definition) is 0. The Morgan fingerprint density at radius 2 is 1.67 bits per heavy atom. The Kier molecular flexibility index (Phi) is 11.4. The minimum atomic E-state index is 0.626. The first-order valence-electron chi connectivity index (χ1n) is 8.56. The second kappa shape index (κ2) is 12.5. The third kappa shape index (κ3) is 9.58. The second-order valence-corrected chi connectivity index (χ2v) is 7.34. The zero-order valence-electron chi connectivity index (χ0n) is 13.4. The van der Waals surface area contributed by atoms with E-state index in [0.717, 1.165) is 12.3 Å². The fourth-order valence-corrected chi connectivity index (χ4v) is 3.51. The van der Waals surface area contributed by atoms with Gasteiger partial charge in [0.15, 0.2) is 0 Å². The first-order chi connectivity index (χ1) is 10.3. The smallest absolute Gasteiger partial charge is 0.0254 e. The number of benzene rings is 1. The lowest BCUT2D eigenvalue weighted by molar-refractivity contribution is 0.482. The summed E-state index contributed by atoms with van der Waals surface area (Å²) in [6, 6.07) is 8.62. The zero-order chi connectivity index (χ0) is 15.3. The highest BCUT2D eigenvalue weighted by Gasteiger charge is 2.08. The van der Waals surface area contributed by atoms with E-state index in [2.05, 4.69) is 47.1 Å². The van der Waals surface area contributed by atoms with Crippen LogP contribution in [0, 0.1) is 5.92 Å². The number of hydrogen-bond acceptors (Lipinski definition) is 0. The maximum atomic E-state index is 6.14. The number of rotatable bonds is 12. The highest BCUT2D eigenvalue weighted by Crippen LogP contribution is 2.20. The average Bonchev–Trinajstić information content (AvgIpc) is 2.48. The van der Waals surface area contributed by atoms with Crippen molar-refractivity contribution in [3.05, 3.63) is 34.3 Å². The first kappa shape index (κ1) is 19.0. The van der Waals surface area contributed by atoms with Crippen LogP contribution < -0.4 is 0 Å². The molecule has 0 bridgehead atoms. The molecule has 0 aromatic heterocycles. The fourth-order valence-electron chi connectivity index (χ4n) is 2.80. The van der Waals surface area contributed by atoms with Crippen molar-refractivity contribution in [2.24, 2.45) is 5.92 Å². The van der Waals surface area contributed by atoms with Gasteiger partial charge in [0.1, 0.15) is 0 Å². The van der Waals surface area contributed by atoms with Gasteiger partial charge in [-0.05, 0) is 36.5 Å². The Bertz CT molecular complexity index is 364. The molecule has 0 aliphatic heterocycles. The molecule has 0 heterocycles. The van der Waals surface area contributed by atoms with Crippen LogP contribution in [0.1, 0.15) is 70.3 Å². The molecule has 1 atom stereocenters. The summed E-state index contributed by atoms with van der Waals surface area (Å²) in [4.78, 5) is 0. The molecule has 1 aromatic carbocycles. The van der Waals surface area contributed by atoms with E-state index in [-0.39, 0.29) is 0 Å². The monoisotopic (exact) mass is 372 g/mol. The van der Waals surface area contributed by atoms with Crippen LogP contribution in [0.5, 0.6) is 0 Å². The standard InChI is InChI=1S/C19H30BrCl/c1-2-3-4-5-6-7-8-9-11-18(16-21)14-17-12-10-13-19(20)15-17/h10,12-13,15,18H,2-9,11,14,16H2,1H3. The van der Waals surface area contributed by atoms with Crippen LogP contribution in [0.15, 0.2) is 28.7 Å². The van der Waals surface area contributed by atoms with E-state index < -0.39 is 0 Å². The van der Waals surface area contributed by atoms with E-state index in [0.29, 0.717) is 5.92 Å². The molecule has 0 saturated heterocycles. The zero-order valence-corrected chi connectivity index (χ0v) is 15.8. The second-order valence-electron chi connectivity index (χ2n) is 6.12. The van der Waals surface area contributed by atoms with E-state index in [1.54, 1.807) is 0 Å². The highest BCUT2D eigenvalue weighted by atomic mass is 79.9. The summed E-state index contributed by atoms with van der Waals surface area (Å²) < 4.78 is 1.17. The van der Waals surface area contributed by atoms with Crippen molar-refractivity contribution in [2.45, 2.75) is 71.1 Å². The number of halogens is 2. The number of alkyl halides is 1. The van der Waals surface area contributed by atoms with E-state index in [1.807, 2.05) is 0 Å². The first-order valence-corrected chi connectivity index (χ1v) is 9.89. The third-order valence-corrected chi connectivity index (χ3v) is 5.03. The summed E-state index contributed by atoms with van der Waals surface area (Å²) >= 11 is 9.68. The van der Waals surface area contributed by atoms with Crippen molar-refractivity contribution in [1.82, 2.24) is 0 Å². The quantitative estimate of drug-likeness (QED) is 0.265. The summed E-state index contributed by atoms with van der Waals surface area (Å²) in [5, 5.41) is 0. The Labute approximate surface area is 144 Å². The van der Waals surface area contributed by atoms with Crippen LogP contribution >= 0.6 is 27.5 Å². The summed E-state index contributed by atoms with van der Waals surface area (Å²) in [7, 11) is 0. The lowest BCUT2D eigenvalue weighted by Gasteiger charge is -2.14. The summed E-state index contributed by atoms with van der Waals surface area (Å²) in [5.41, 5.74) is 1.40. The van der Waals surface area contributed by atoms with E-state index in [1.165, 1.54) is 67.8 Å². The molecule has 0 saturated carbocycles. The van der Waals surface area contributed by atoms with Crippen LogP contribution in [0.2, 0.25) is 0 Å². The molecule has 0 spiro atoms. The normalized spacial score (nSPS) is 12.5. The van der Waals surface area contributed by atoms with Gasteiger partial charge in [-0.1, -0.05) is 86.4 Å². The summed E-state index contributed by atoms with van der Waals surface area (Å²) in [5.74, 6) is 1.41. The van der Waals surface area contributed by atoms with Crippen LogP contribution in [-0.4, -0.2) is 5.88 Å². The molecule has 0 aliphatic carbocycles. The Morgan fingerprint density at radius 3 is 2.29 bits per heavy atom. The van der Waals surface area contributed by atoms with Gasteiger partial charge >= 0.3 is 0 Å². The molecule has 0 aliphatic rings. The van der Waals surface area contributed by atoms with Gasteiger partial charge < -0.3 is 0 Å². The van der Waals surface area contributed by atoms with Gasteiger partial charge in [-0.3, -0.25) is 0 Å². The molecule has 2 heteroatoms. The molecular weight excluding hydrogens is 344 g/mol. The highest BCUT2D eigenvalue weighted by molar-refractivity contribution is 9.10. The molecule has 0 N–H and O–H groups in total. The van der Waals surface area contributed by atoms with Crippen LogP contribution in [-0.2, 0) is 6.42 Å². The Balaban J connectivity index is 2.11. The third-order valence-electron chi connectivity index (χ3n) is 4.10. The fraction of sp³-hybridized carbons (Fsp3) is 0.684. The van der Waals surface area contributed by atoms with Crippen molar-refractivity contribution >= 4 is 27.5 Å². The van der Waals surface area contributed by atoms with Gasteiger partial charge in [0.05, 0.1) is 0 Å². The molecule has 120 valence electrons. The van der Waals surface area contributed by atoms with Crippen LogP contribution in [0.3, 0.4) is 0 Å². The molecule has 0 amide bonds. The van der Waals surface area contributed by atoms with Crippen LogP contribution in [0.4, 0.5) is 0 Å². The van der Waals surface area contributed by atoms with E-state index >= 15 is 0 Å². The topological polar surface area (TPSA) is 0 Å². The average molecular weight is 374 g/mol. The molecule has 21 heavy (non-hydrogen) atoms. The van der Waals surface area contributed by atoms with Crippen molar-refractivity contribution in [3.63, 3.8) is 0 Å². The molecule has 1 rings (SSSR count). The van der Waals surface area contributed by atoms with Gasteiger partial charge in [0, 0.05) is 10.4 Å². The maximum absolute atomic E-state index is 6.14. The predicted molar refractivity (Wildman–Crippen MR) is 99.3 cm³/mol. The molecule has 1 aromatic rings. The Hall–Kier alpha value is -0.0100. The summed E-state index contributed by atoms with van der Waals surface area (Å²) in [6.07, 6.45) is 13.5. The summed E-state index contributed by atoms with van der Waals surface area (Å²) in [6.45, 7) is 2.28. The van der Waals surface area contributed by atoms with Crippen molar-refractivity contribution in [2.75, 3.05) is 5.88 Å². The predicted octanol–water partition coefficient (Wildman–Crippen LogP) is 7.38. The van der Waals surface area contributed by atoms with Crippen molar-refractivity contribution < 1.29 is 0 Å². The van der Waals surface area contributed by atoms with Crippen molar-refractivity contribution in [3.8, 4) is 0 Å². The Morgan fingerprint density at radius 1 is 1.00 bits per heavy atom. The minimum Gasteiger partial charge on any atom is -0.126 e. The SMILES string of the molecule is CCCCCCCCCCC(CCl)Cc1cccc(Br)c1. The minimum absolute atomic E-state index is 0.626. The molecule has 0 radical (unpaired) electrons. The maximum Gasteiger partial charge on any atom is 0.0254 e. The van der Waals surface area contributed by atoms with Gasteiger partial charge in [0.25, 0.3) is 0 Å². The lowest BCUT2D eigenvalue weighted by atomic mass is 9.95. The van der Waals surface area contributed by atoms with Crippen LogP contribution in [0.25, 0.3) is 0 Å².